The van der Waals surface area contributed by atoms with Crippen LogP contribution in [-0.4, -0.2) is 0 Å². The minimum Gasteiger partial charge on any atom is -0.143 e. The van der Waals surface area contributed by atoms with E-state index >= 15 is 0 Å². The van der Waals surface area contributed by atoms with E-state index in [1.54, 1.807) is 0 Å². The van der Waals surface area contributed by atoms with Crippen molar-refractivity contribution < 1.29 is 0 Å². The van der Waals surface area contributed by atoms with E-state index in [9.17, 15) is 0 Å². The summed E-state index contributed by atoms with van der Waals surface area (Å²) in [5.74, 6) is 0. The van der Waals surface area contributed by atoms with E-state index in [0.29, 0.717) is 0 Å². The van der Waals surface area contributed by atoms with E-state index in [0.717, 1.165) is 10.5 Å². The Kier molecular flexibility index (Phi) is 1.81. The molecule has 0 aliphatic heterocycles. The fraction of sp³-hybridized carbons (Fsp3) is 0.125. The lowest BCUT2D eigenvalue weighted by molar-refractivity contribution is 1.34. The van der Waals surface area contributed by atoms with Crippen molar-refractivity contribution in [3.63, 3.8) is 0 Å². The normalized spacial score (nSPS) is 9.67. The third-order valence-corrected chi connectivity index (χ3v) is 1.67. The molecule has 0 saturated carbocycles. The van der Waals surface area contributed by atoms with Crippen LogP contribution in [0.3, 0.4) is 0 Å². The highest BCUT2D eigenvalue weighted by Crippen LogP contribution is 2.13. The molecule has 0 saturated heterocycles. The van der Waals surface area contributed by atoms with Gasteiger partial charge in [-0.1, -0.05) is 17.7 Å². The molecular weight excluding hydrogens is 128 g/mol. The smallest absolute Gasteiger partial charge is 0.00723 e. The van der Waals surface area contributed by atoms with Crippen LogP contribution in [-0.2, 0) is 0 Å². The van der Waals surface area contributed by atoms with Gasteiger partial charge in [-0.3, -0.25) is 0 Å². The van der Waals surface area contributed by atoms with E-state index in [1.807, 2.05) is 25.1 Å². The van der Waals surface area contributed by atoms with Crippen LogP contribution in [0.15, 0.2) is 23.1 Å². The lowest BCUT2D eigenvalue weighted by Gasteiger charge is -1.97. The van der Waals surface area contributed by atoms with Crippen molar-refractivity contribution >= 4 is 12.6 Å². The van der Waals surface area contributed by atoms with E-state index in [4.69, 9.17) is 0 Å². The lowest BCUT2D eigenvalue weighted by atomic mass is 10.2. The molecule has 0 amide bonds. The lowest BCUT2D eigenvalue weighted by Crippen LogP contribution is -1.76. The molecule has 0 spiro atoms. The summed E-state index contributed by atoms with van der Waals surface area (Å²) in [5.41, 5.74) is 2.23. The molecule has 9 heavy (non-hydrogen) atoms. The van der Waals surface area contributed by atoms with Crippen molar-refractivity contribution in [1.29, 1.82) is 0 Å². The third-order valence-electron chi connectivity index (χ3n) is 1.23. The van der Waals surface area contributed by atoms with E-state index in [-0.39, 0.29) is 0 Å². The van der Waals surface area contributed by atoms with Crippen LogP contribution in [0.25, 0.3) is 0 Å². The van der Waals surface area contributed by atoms with Crippen LogP contribution < -0.4 is 0 Å². The first-order valence-electron chi connectivity index (χ1n) is 2.82. The first-order valence-corrected chi connectivity index (χ1v) is 3.26. The minimum atomic E-state index is 0.959. The number of thiol groups is 1. The van der Waals surface area contributed by atoms with Gasteiger partial charge in [-0.2, -0.15) is 0 Å². The number of benzene rings is 1. The van der Waals surface area contributed by atoms with E-state index < -0.39 is 0 Å². The van der Waals surface area contributed by atoms with Crippen molar-refractivity contribution in [1.82, 2.24) is 0 Å². The highest BCUT2D eigenvalue weighted by Gasteiger charge is 1.90. The molecule has 47 valence electrons. The molecule has 0 N–H and O–H groups in total. The Labute approximate surface area is 61.3 Å². The fourth-order valence-corrected chi connectivity index (χ4v) is 0.853. The second-order valence-corrected chi connectivity index (χ2v) is 2.61. The fourth-order valence-electron chi connectivity index (χ4n) is 0.714. The Bertz CT molecular complexity index is 216. The predicted molar refractivity (Wildman–Crippen MR) is 42.9 cm³/mol. The summed E-state index contributed by atoms with van der Waals surface area (Å²) in [7, 11) is 0. The first-order chi connectivity index (χ1) is 4.20. The summed E-state index contributed by atoms with van der Waals surface area (Å²) in [6.45, 7) is 5.85. The average molecular weight is 137 g/mol. The first kappa shape index (κ1) is 6.69. The second kappa shape index (κ2) is 2.44. The highest BCUT2D eigenvalue weighted by molar-refractivity contribution is 7.80. The number of rotatable bonds is 0. The Morgan fingerprint density at radius 3 is 2.56 bits per heavy atom. The van der Waals surface area contributed by atoms with Gasteiger partial charge in [-0.05, 0) is 25.5 Å². The molecule has 0 aliphatic rings. The molecular formula is C8H9S. The topological polar surface area (TPSA) is 0 Å². The Morgan fingerprint density at radius 2 is 2.11 bits per heavy atom. The maximum atomic E-state index is 4.18. The molecule has 0 unspecified atom stereocenters. The highest BCUT2D eigenvalue weighted by atomic mass is 32.1. The molecule has 0 bridgehead atoms. The van der Waals surface area contributed by atoms with Gasteiger partial charge in [-0.15, -0.1) is 12.6 Å². The molecule has 0 heterocycles. The molecule has 1 aromatic carbocycles. The largest absolute Gasteiger partial charge is 0.143 e. The zero-order valence-corrected chi connectivity index (χ0v) is 6.28. The Balaban J connectivity index is 3.17. The molecule has 0 aliphatic carbocycles. The Morgan fingerprint density at radius 1 is 1.44 bits per heavy atom. The summed E-state index contributed by atoms with van der Waals surface area (Å²) in [6, 6.07) is 6.00. The molecule has 0 atom stereocenters. The van der Waals surface area contributed by atoms with Crippen molar-refractivity contribution in [2.45, 2.75) is 11.8 Å². The predicted octanol–water partition coefficient (Wildman–Crippen LogP) is 2.47. The molecule has 0 nitrogen and oxygen atoms in total. The monoisotopic (exact) mass is 137 g/mol. The number of aryl methyl sites for hydroxylation is 1. The van der Waals surface area contributed by atoms with E-state index in [1.165, 1.54) is 5.56 Å². The van der Waals surface area contributed by atoms with Gasteiger partial charge >= 0.3 is 0 Å². The standard InChI is InChI=1S/C8H9S/c1-6-3-4-8(9)7(2)5-6/h3-5,9H,2H2,1H3. The van der Waals surface area contributed by atoms with E-state index in [2.05, 4.69) is 19.6 Å². The molecule has 1 rings (SSSR count). The van der Waals surface area contributed by atoms with Gasteiger partial charge in [-0.25, -0.2) is 0 Å². The van der Waals surface area contributed by atoms with Crippen LogP contribution in [0.1, 0.15) is 11.1 Å². The Hall–Kier alpha value is -0.430. The van der Waals surface area contributed by atoms with Gasteiger partial charge in [0.05, 0.1) is 0 Å². The van der Waals surface area contributed by atoms with Crippen LogP contribution in [0.2, 0.25) is 0 Å². The van der Waals surface area contributed by atoms with Crippen molar-refractivity contribution in [3.05, 3.63) is 36.2 Å². The van der Waals surface area contributed by atoms with Crippen molar-refractivity contribution in [3.8, 4) is 0 Å². The van der Waals surface area contributed by atoms with Gasteiger partial charge in [0.25, 0.3) is 0 Å². The van der Waals surface area contributed by atoms with Crippen LogP contribution >= 0.6 is 12.6 Å². The van der Waals surface area contributed by atoms with Crippen LogP contribution in [0.5, 0.6) is 0 Å². The maximum absolute atomic E-state index is 4.18. The zero-order valence-electron chi connectivity index (χ0n) is 5.39. The second-order valence-electron chi connectivity index (χ2n) is 2.13. The molecule has 0 fully saturated rings. The zero-order chi connectivity index (χ0) is 6.85. The molecule has 1 heteroatoms. The van der Waals surface area contributed by atoms with Crippen molar-refractivity contribution in [2.75, 3.05) is 0 Å². The summed E-state index contributed by atoms with van der Waals surface area (Å²) >= 11 is 4.18. The number of hydrogen-bond donors (Lipinski definition) is 1. The van der Waals surface area contributed by atoms with Crippen LogP contribution in [0, 0.1) is 13.8 Å². The summed E-state index contributed by atoms with van der Waals surface area (Å²) < 4.78 is 0. The molecule has 1 radical (unpaired) electrons. The van der Waals surface area contributed by atoms with Gasteiger partial charge in [0.1, 0.15) is 0 Å². The van der Waals surface area contributed by atoms with Gasteiger partial charge in [0.15, 0.2) is 0 Å². The third kappa shape index (κ3) is 1.49. The summed E-state index contributed by atoms with van der Waals surface area (Å²) in [6.07, 6.45) is 0. The van der Waals surface area contributed by atoms with Crippen LogP contribution in [0.4, 0.5) is 0 Å². The van der Waals surface area contributed by atoms with Gasteiger partial charge in [0, 0.05) is 4.90 Å². The quantitative estimate of drug-likeness (QED) is 0.522. The van der Waals surface area contributed by atoms with Gasteiger partial charge in [0.2, 0.25) is 0 Å². The average Bonchev–Trinajstić information content (AvgIpc) is 1.80. The summed E-state index contributed by atoms with van der Waals surface area (Å²) in [4.78, 5) is 0.959. The maximum Gasteiger partial charge on any atom is 0.00723 e. The van der Waals surface area contributed by atoms with Crippen molar-refractivity contribution in [2.24, 2.45) is 0 Å². The van der Waals surface area contributed by atoms with Gasteiger partial charge < -0.3 is 0 Å². The number of hydrogen-bond acceptors (Lipinski definition) is 1. The molecule has 1 aromatic rings. The summed E-state index contributed by atoms with van der Waals surface area (Å²) in [5, 5.41) is 0. The SMILES string of the molecule is [CH2]c1cc(C)ccc1S. The minimum absolute atomic E-state index is 0.959. The molecule has 0 aromatic heterocycles.